The van der Waals surface area contributed by atoms with E-state index in [-0.39, 0.29) is 0 Å². The van der Waals surface area contributed by atoms with E-state index in [4.69, 9.17) is 0 Å². The lowest BCUT2D eigenvalue weighted by Crippen LogP contribution is -2.59. The van der Waals surface area contributed by atoms with Crippen LogP contribution in [0.1, 0.15) is 54.4 Å². The topological polar surface area (TPSA) is 6.48 Å². The van der Waals surface area contributed by atoms with Crippen LogP contribution in [0.25, 0.3) is 0 Å². The molecule has 96 valence electrons. The molecule has 0 aliphatic carbocycles. The molecule has 1 unspecified atom stereocenters. The number of rotatable bonds is 3. The number of hydrogen-bond acceptors (Lipinski definition) is 2. The molecule has 1 aliphatic rings. The van der Waals surface area contributed by atoms with Crippen molar-refractivity contribution in [2.75, 3.05) is 19.6 Å². The highest BCUT2D eigenvalue weighted by Crippen LogP contribution is 2.23. The van der Waals surface area contributed by atoms with Crippen LogP contribution in [-0.4, -0.2) is 47.1 Å². The highest BCUT2D eigenvalue weighted by molar-refractivity contribution is 4.89. The lowest BCUT2D eigenvalue weighted by molar-refractivity contribution is 0.00375. The maximum atomic E-state index is 2.69. The lowest BCUT2D eigenvalue weighted by Gasteiger charge is -2.48. The first kappa shape index (κ1) is 14.0. The molecule has 1 aliphatic heterocycles. The third kappa shape index (κ3) is 3.46. The third-order valence-electron chi connectivity index (χ3n) is 3.76. The van der Waals surface area contributed by atoms with Crippen LogP contribution in [0.2, 0.25) is 0 Å². The van der Waals surface area contributed by atoms with E-state index in [0.29, 0.717) is 11.6 Å². The minimum Gasteiger partial charge on any atom is -0.296 e. The van der Waals surface area contributed by atoms with Crippen LogP contribution in [0, 0.1) is 0 Å². The maximum Gasteiger partial charge on any atom is 0.0226 e. The fraction of sp³-hybridized carbons (Fsp3) is 1.00. The van der Waals surface area contributed by atoms with Gasteiger partial charge in [0.05, 0.1) is 0 Å². The van der Waals surface area contributed by atoms with Gasteiger partial charge in [0.1, 0.15) is 0 Å². The first-order valence-corrected chi connectivity index (χ1v) is 6.87. The summed E-state index contributed by atoms with van der Waals surface area (Å²) in [5, 5.41) is 0. The lowest BCUT2D eigenvalue weighted by atomic mass is 9.99. The third-order valence-corrected chi connectivity index (χ3v) is 3.76. The van der Waals surface area contributed by atoms with Gasteiger partial charge in [0.25, 0.3) is 0 Å². The smallest absolute Gasteiger partial charge is 0.0226 e. The summed E-state index contributed by atoms with van der Waals surface area (Å²) in [4.78, 5) is 5.33. The molecule has 16 heavy (non-hydrogen) atoms. The Morgan fingerprint density at radius 1 is 1.19 bits per heavy atom. The van der Waals surface area contributed by atoms with Gasteiger partial charge >= 0.3 is 0 Å². The monoisotopic (exact) mass is 226 g/mol. The molecular weight excluding hydrogens is 196 g/mol. The molecule has 1 heterocycles. The first-order chi connectivity index (χ1) is 7.36. The molecule has 1 saturated heterocycles. The Kier molecular flexibility index (Phi) is 4.81. The van der Waals surface area contributed by atoms with E-state index in [1.807, 2.05) is 0 Å². The fourth-order valence-corrected chi connectivity index (χ4v) is 2.75. The first-order valence-electron chi connectivity index (χ1n) is 6.87. The fourth-order valence-electron chi connectivity index (χ4n) is 2.75. The molecule has 0 aromatic carbocycles. The predicted octanol–water partition coefficient (Wildman–Crippen LogP) is 2.98. The van der Waals surface area contributed by atoms with E-state index in [2.05, 4.69) is 51.3 Å². The van der Waals surface area contributed by atoms with E-state index < -0.39 is 0 Å². The van der Waals surface area contributed by atoms with Crippen LogP contribution in [0.15, 0.2) is 0 Å². The van der Waals surface area contributed by atoms with Gasteiger partial charge in [0.2, 0.25) is 0 Å². The van der Waals surface area contributed by atoms with Crippen molar-refractivity contribution in [1.82, 2.24) is 9.80 Å². The minimum absolute atomic E-state index is 0.328. The Hall–Kier alpha value is -0.0800. The van der Waals surface area contributed by atoms with Gasteiger partial charge in [0, 0.05) is 37.3 Å². The highest BCUT2D eigenvalue weighted by atomic mass is 15.3. The summed E-state index contributed by atoms with van der Waals surface area (Å²) in [6.07, 6.45) is 2.64. The molecule has 2 nitrogen and oxygen atoms in total. The zero-order chi connectivity index (χ0) is 12.3. The molecule has 0 saturated carbocycles. The van der Waals surface area contributed by atoms with Gasteiger partial charge in [0.15, 0.2) is 0 Å². The second kappa shape index (κ2) is 5.50. The summed E-state index contributed by atoms with van der Waals surface area (Å²) in [5.41, 5.74) is 0.328. The van der Waals surface area contributed by atoms with E-state index in [0.717, 1.165) is 6.04 Å². The summed E-state index contributed by atoms with van der Waals surface area (Å²) in [6.45, 7) is 17.7. The van der Waals surface area contributed by atoms with Gasteiger partial charge < -0.3 is 0 Å². The Balaban J connectivity index is 2.65. The molecule has 1 rings (SSSR count). The van der Waals surface area contributed by atoms with Gasteiger partial charge in [-0.2, -0.15) is 0 Å². The van der Waals surface area contributed by atoms with E-state index in [9.17, 15) is 0 Å². The minimum atomic E-state index is 0.328. The summed E-state index contributed by atoms with van der Waals surface area (Å²) >= 11 is 0. The van der Waals surface area contributed by atoms with Gasteiger partial charge in [-0.1, -0.05) is 13.3 Å². The predicted molar refractivity (Wildman–Crippen MR) is 71.9 cm³/mol. The van der Waals surface area contributed by atoms with E-state index in [1.54, 1.807) is 0 Å². The van der Waals surface area contributed by atoms with Gasteiger partial charge in [-0.3, -0.25) is 9.80 Å². The molecule has 2 heteroatoms. The Morgan fingerprint density at radius 2 is 1.81 bits per heavy atom. The Labute approximate surface area is 102 Å². The second-order valence-electron chi connectivity index (χ2n) is 6.39. The molecule has 0 amide bonds. The molecule has 0 N–H and O–H groups in total. The van der Waals surface area contributed by atoms with Crippen molar-refractivity contribution in [3.8, 4) is 0 Å². The Bertz CT molecular complexity index is 205. The molecule has 0 spiro atoms. The normalized spacial score (nSPS) is 25.3. The van der Waals surface area contributed by atoms with Crippen molar-refractivity contribution in [3.05, 3.63) is 0 Å². The quantitative estimate of drug-likeness (QED) is 0.730. The summed E-state index contributed by atoms with van der Waals surface area (Å²) in [5.74, 6) is 0. The largest absolute Gasteiger partial charge is 0.296 e. The Morgan fingerprint density at radius 3 is 2.25 bits per heavy atom. The number of piperazine rings is 1. The molecule has 0 aromatic rings. The van der Waals surface area contributed by atoms with Crippen LogP contribution in [-0.2, 0) is 0 Å². The van der Waals surface area contributed by atoms with E-state index >= 15 is 0 Å². The average Bonchev–Trinajstić information content (AvgIpc) is 2.16. The number of nitrogens with zero attached hydrogens (tertiary/aromatic N) is 2. The van der Waals surface area contributed by atoms with Gasteiger partial charge in [-0.15, -0.1) is 0 Å². The van der Waals surface area contributed by atoms with Gasteiger partial charge in [-0.25, -0.2) is 0 Å². The van der Waals surface area contributed by atoms with Crippen LogP contribution in [0.5, 0.6) is 0 Å². The van der Waals surface area contributed by atoms with Crippen molar-refractivity contribution in [3.63, 3.8) is 0 Å². The summed E-state index contributed by atoms with van der Waals surface area (Å²) in [6, 6.07) is 1.46. The van der Waals surface area contributed by atoms with E-state index in [1.165, 1.54) is 32.5 Å². The molecular formula is C14H30N2. The molecule has 1 fully saturated rings. The van der Waals surface area contributed by atoms with Crippen molar-refractivity contribution in [2.45, 2.75) is 72.0 Å². The molecule has 0 bridgehead atoms. The standard InChI is InChI=1S/C14H30N2/c1-7-8-13-11-15(14(4,5)6)9-10-16(13)12(2)3/h12-13H,7-11H2,1-6H3. The summed E-state index contributed by atoms with van der Waals surface area (Å²) < 4.78 is 0. The molecule has 0 radical (unpaired) electrons. The van der Waals surface area contributed by atoms with Crippen LogP contribution >= 0.6 is 0 Å². The van der Waals surface area contributed by atoms with Crippen molar-refractivity contribution >= 4 is 0 Å². The van der Waals surface area contributed by atoms with Crippen molar-refractivity contribution < 1.29 is 0 Å². The van der Waals surface area contributed by atoms with Crippen LogP contribution < -0.4 is 0 Å². The average molecular weight is 226 g/mol. The molecule has 1 atom stereocenters. The van der Waals surface area contributed by atoms with Gasteiger partial charge in [-0.05, 0) is 41.0 Å². The maximum absolute atomic E-state index is 2.69. The molecule has 0 aromatic heterocycles. The second-order valence-corrected chi connectivity index (χ2v) is 6.39. The van der Waals surface area contributed by atoms with Crippen LogP contribution in [0.4, 0.5) is 0 Å². The zero-order valence-corrected chi connectivity index (χ0v) is 12.1. The SMILES string of the molecule is CCCC1CN(C(C)(C)C)CCN1C(C)C. The summed E-state index contributed by atoms with van der Waals surface area (Å²) in [7, 11) is 0. The van der Waals surface area contributed by atoms with Crippen molar-refractivity contribution in [1.29, 1.82) is 0 Å². The number of hydrogen-bond donors (Lipinski definition) is 0. The van der Waals surface area contributed by atoms with Crippen molar-refractivity contribution in [2.24, 2.45) is 0 Å². The van der Waals surface area contributed by atoms with Crippen LogP contribution in [0.3, 0.4) is 0 Å². The zero-order valence-electron chi connectivity index (χ0n) is 12.1. The highest BCUT2D eigenvalue weighted by Gasteiger charge is 2.32.